The minimum absolute atomic E-state index is 0.0257. The SMILES string of the molecule is CCCCNC(=O)C(CC)SC1=NC(=Cc2ccc(OC(C)C)cc2)C(=O)N1c1ccccc1. The molecule has 0 fully saturated rings. The van der Waals surface area contributed by atoms with Gasteiger partial charge in [-0.15, -0.1) is 0 Å². The molecule has 0 saturated heterocycles. The Balaban J connectivity index is 1.87. The molecule has 2 aromatic carbocycles. The van der Waals surface area contributed by atoms with Gasteiger partial charge in [0.05, 0.1) is 17.0 Å². The van der Waals surface area contributed by atoms with Crippen molar-refractivity contribution in [2.45, 2.75) is 58.3 Å². The van der Waals surface area contributed by atoms with Gasteiger partial charge in [-0.1, -0.05) is 62.4 Å². The highest BCUT2D eigenvalue weighted by molar-refractivity contribution is 8.15. The van der Waals surface area contributed by atoms with Crippen molar-refractivity contribution in [2.75, 3.05) is 11.4 Å². The van der Waals surface area contributed by atoms with Gasteiger partial charge in [0.15, 0.2) is 5.17 Å². The maximum atomic E-state index is 13.4. The van der Waals surface area contributed by atoms with Crippen LogP contribution in [0.2, 0.25) is 0 Å². The smallest absolute Gasteiger partial charge is 0.283 e. The summed E-state index contributed by atoms with van der Waals surface area (Å²) in [5, 5.41) is 3.18. The topological polar surface area (TPSA) is 71.0 Å². The second kappa shape index (κ2) is 12.4. The molecular formula is C27H33N3O3S. The Morgan fingerprint density at radius 1 is 1.12 bits per heavy atom. The number of amides is 2. The number of ether oxygens (including phenoxy) is 1. The minimum atomic E-state index is -0.332. The van der Waals surface area contributed by atoms with E-state index in [4.69, 9.17) is 4.74 Å². The van der Waals surface area contributed by atoms with E-state index >= 15 is 0 Å². The van der Waals surface area contributed by atoms with E-state index in [-0.39, 0.29) is 23.2 Å². The number of aliphatic imine (C=N–C) groups is 1. The van der Waals surface area contributed by atoms with Gasteiger partial charge < -0.3 is 10.1 Å². The Bertz CT molecular complexity index is 1030. The molecule has 2 amide bonds. The highest BCUT2D eigenvalue weighted by Crippen LogP contribution is 2.32. The molecule has 0 bridgehead atoms. The second-order valence-corrected chi connectivity index (χ2v) is 9.46. The first-order chi connectivity index (χ1) is 16.4. The third-order valence-corrected chi connectivity index (χ3v) is 6.46. The standard InChI is InChI=1S/C27H33N3O3S/c1-5-7-17-28-25(31)24(6-2)34-27-29-23(26(32)30(27)21-11-9-8-10-12-21)18-20-13-15-22(16-14-20)33-19(3)4/h8-16,18-19,24H,5-7,17H2,1-4H3,(H,28,31). The van der Waals surface area contributed by atoms with Crippen LogP contribution < -0.4 is 15.0 Å². The molecule has 1 aliphatic heterocycles. The van der Waals surface area contributed by atoms with Gasteiger partial charge in [-0.05, 0) is 62.6 Å². The Labute approximate surface area is 206 Å². The molecule has 0 radical (unpaired) electrons. The van der Waals surface area contributed by atoms with Gasteiger partial charge in [0.2, 0.25) is 5.91 Å². The lowest BCUT2D eigenvalue weighted by atomic mass is 10.2. The molecule has 1 aliphatic rings. The van der Waals surface area contributed by atoms with Gasteiger partial charge in [0, 0.05) is 6.54 Å². The molecule has 0 spiro atoms. The first-order valence-corrected chi connectivity index (χ1v) is 12.7. The third kappa shape index (κ3) is 6.73. The zero-order chi connectivity index (χ0) is 24.5. The highest BCUT2D eigenvalue weighted by Gasteiger charge is 2.34. The quantitative estimate of drug-likeness (QED) is 0.353. The number of hydrogen-bond acceptors (Lipinski definition) is 5. The number of amidine groups is 1. The van der Waals surface area contributed by atoms with Crippen molar-refractivity contribution in [3.63, 3.8) is 0 Å². The summed E-state index contributed by atoms with van der Waals surface area (Å²) in [6.45, 7) is 8.67. The van der Waals surface area contributed by atoms with E-state index in [1.54, 1.807) is 11.0 Å². The van der Waals surface area contributed by atoms with Crippen LogP contribution in [-0.4, -0.2) is 34.9 Å². The first kappa shape index (κ1) is 25.6. The van der Waals surface area contributed by atoms with Gasteiger partial charge in [-0.25, -0.2) is 4.99 Å². The predicted molar refractivity (Wildman–Crippen MR) is 141 cm³/mol. The fourth-order valence-electron chi connectivity index (χ4n) is 3.40. The number of carbonyl (C=O) groups is 2. The fourth-order valence-corrected chi connectivity index (χ4v) is 4.46. The van der Waals surface area contributed by atoms with Crippen LogP contribution in [0, 0.1) is 0 Å². The minimum Gasteiger partial charge on any atom is -0.491 e. The summed E-state index contributed by atoms with van der Waals surface area (Å²) in [6.07, 6.45) is 4.46. The Kier molecular flexibility index (Phi) is 9.33. The van der Waals surface area contributed by atoms with Crippen molar-refractivity contribution >= 4 is 40.5 Å². The molecule has 7 heteroatoms. The van der Waals surface area contributed by atoms with Crippen LogP contribution in [0.4, 0.5) is 5.69 Å². The van der Waals surface area contributed by atoms with E-state index in [1.807, 2.05) is 75.4 Å². The van der Waals surface area contributed by atoms with Crippen LogP contribution in [0.5, 0.6) is 5.75 Å². The molecule has 2 aromatic rings. The van der Waals surface area contributed by atoms with Crippen LogP contribution in [0.25, 0.3) is 6.08 Å². The van der Waals surface area contributed by atoms with E-state index in [2.05, 4.69) is 17.2 Å². The lowest BCUT2D eigenvalue weighted by molar-refractivity contribution is -0.120. The third-order valence-electron chi connectivity index (χ3n) is 5.14. The predicted octanol–water partition coefficient (Wildman–Crippen LogP) is 5.65. The van der Waals surface area contributed by atoms with Gasteiger partial charge in [0.1, 0.15) is 11.4 Å². The highest BCUT2D eigenvalue weighted by atomic mass is 32.2. The molecule has 0 aromatic heterocycles. The summed E-state index contributed by atoms with van der Waals surface area (Å²) in [6, 6.07) is 17.0. The lowest BCUT2D eigenvalue weighted by Crippen LogP contribution is -2.37. The van der Waals surface area contributed by atoms with Crippen LogP contribution in [0.3, 0.4) is 0 Å². The van der Waals surface area contributed by atoms with Gasteiger partial charge in [0.25, 0.3) is 5.91 Å². The van der Waals surface area contributed by atoms with E-state index in [0.29, 0.717) is 23.8 Å². The van der Waals surface area contributed by atoms with Gasteiger partial charge in [-0.2, -0.15) is 0 Å². The van der Waals surface area contributed by atoms with Crippen LogP contribution in [-0.2, 0) is 9.59 Å². The molecule has 0 saturated carbocycles. The summed E-state index contributed by atoms with van der Waals surface area (Å²) >= 11 is 1.33. The molecule has 180 valence electrons. The molecule has 1 heterocycles. The van der Waals surface area contributed by atoms with E-state index in [0.717, 1.165) is 29.8 Å². The van der Waals surface area contributed by atoms with Crippen molar-refractivity contribution in [2.24, 2.45) is 4.99 Å². The number of nitrogens with zero attached hydrogens (tertiary/aromatic N) is 2. The van der Waals surface area contributed by atoms with E-state index < -0.39 is 0 Å². The summed E-state index contributed by atoms with van der Waals surface area (Å²) in [7, 11) is 0. The number of para-hydroxylation sites is 1. The Hall–Kier alpha value is -3.06. The summed E-state index contributed by atoms with van der Waals surface area (Å²) in [5.41, 5.74) is 1.92. The van der Waals surface area contributed by atoms with Crippen molar-refractivity contribution in [3.8, 4) is 5.75 Å². The zero-order valence-corrected chi connectivity index (χ0v) is 21.1. The van der Waals surface area contributed by atoms with Gasteiger partial charge >= 0.3 is 0 Å². The van der Waals surface area contributed by atoms with Crippen molar-refractivity contribution in [1.29, 1.82) is 0 Å². The van der Waals surface area contributed by atoms with Crippen LogP contribution in [0.15, 0.2) is 65.3 Å². The van der Waals surface area contributed by atoms with E-state index in [1.165, 1.54) is 11.8 Å². The maximum absolute atomic E-state index is 13.4. The molecule has 1 unspecified atom stereocenters. The molecular weight excluding hydrogens is 446 g/mol. The second-order valence-electron chi connectivity index (χ2n) is 8.30. The van der Waals surface area contributed by atoms with Crippen LogP contribution >= 0.6 is 11.8 Å². The number of nitrogens with one attached hydrogen (secondary N) is 1. The van der Waals surface area contributed by atoms with Gasteiger partial charge in [-0.3, -0.25) is 14.5 Å². The Morgan fingerprint density at radius 2 is 1.82 bits per heavy atom. The molecule has 0 aliphatic carbocycles. The Morgan fingerprint density at radius 3 is 2.44 bits per heavy atom. The van der Waals surface area contributed by atoms with Crippen molar-refractivity contribution in [3.05, 3.63) is 65.9 Å². The number of thioether (sulfide) groups is 1. The van der Waals surface area contributed by atoms with Crippen molar-refractivity contribution < 1.29 is 14.3 Å². The number of unbranched alkanes of at least 4 members (excludes halogenated alkanes) is 1. The van der Waals surface area contributed by atoms with Crippen LogP contribution in [0.1, 0.15) is 52.5 Å². The lowest BCUT2D eigenvalue weighted by Gasteiger charge is -2.21. The summed E-state index contributed by atoms with van der Waals surface area (Å²) < 4.78 is 5.70. The molecule has 3 rings (SSSR count). The van der Waals surface area contributed by atoms with Crippen molar-refractivity contribution in [1.82, 2.24) is 5.32 Å². The monoisotopic (exact) mass is 479 g/mol. The zero-order valence-electron chi connectivity index (χ0n) is 20.3. The fraction of sp³-hybridized carbons (Fsp3) is 0.370. The van der Waals surface area contributed by atoms with E-state index in [9.17, 15) is 9.59 Å². The average molecular weight is 480 g/mol. The number of rotatable bonds is 10. The summed E-state index contributed by atoms with van der Waals surface area (Å²) in [4.78, 5) is 32.4. The summed E-state index contributed by atoms with van der Waals surface area (Å²) in [5.74, 6) is 0.542. The molecule has 1 N–H and O–H groups in total. The average Bonchev–Trinajstić information content (AvgIpc) is 3.13. The number of carbonyl (C=O) groups excluding carboxylic acids is 2. The molecule has 34 heavy (non-hydrogen) atoms. The number of anilines is 1. The largest absolute Gasteiger partial charge is 0.491 e. The molecule has 1 atom stereocenters. The normalized spacial score (nSPS) is 15.6. The number of hydrogen-bond donors (Lipinski definition) is 1. The maximum Gasteiger partial charge on any atom is 0.283 e. The first-order valence-electron chi connectivity index (χ1n) is 11.8. The number of benzene rings is 2. The molecule has 6 nitrogen and oxygen atoms in total.